The van der Waals surface area contributed by atoms with Crippen molar-refractivity contribution in [3.63, 3.8) is 0 Å². The van der Waals surface area contributed by atoms with E-state index in [1.165, 1.54) is 16.4 Å². The molecule has 2 aromatic rings. The van der Waals surface area contributed by atoms with E-state index in [0.29, 0.717) is 56.5 Å². The van der Waals surface area contributed by atoms with E-state index >= 15 is 0 Å². The molecule has 0 bridgehead atoms. The molecule has 0 unspecified atom stereocenters. The van der Waals surface area contributed by atoms with Crippen molar-refractivity contribution in [3.05, 3.63) is 53.8 Å². The molecule has 1 heterocycles. The molecule has 0 aliphatic carbocycles. The Bertz CT molecular complexity index is 1040. The van der Waals surface area contributed by atoms with E-state index in [2.05, 4.69) is 5.32 Å². The number of sulfonamides is 1. The van der Waals surface area contributed by atoms with Gasteiger partial charge in [0.15, 0.2) is 11.5 Å². The first-order valence-corrected chi connectivity index (χ1v) is 12.6. The molecule has 1 aliphatic rings. The Labute approximate surface area is 194 Å². The first kappa shape index (κ1) is 24.8. The van der Waals surface area contributed by atoms with Crippen LogP contribution in [0.4, 0.5) is 10.1 Å². The minimum atomic E-state index is -3.52. The lowest BCUT2D eigenvalue weighted by Gasteiger charge is -2.35. The largest absolute Gasteiger partial charge is 0.490 e. The van der Waals surface area contributed by atoms with E-state index in [1.807, 2.05) is 18.7 Å². The number of ether oxygens (including phenoxy) is 2. The van der Waals surface area contributed by atoms with Crippen LogP contribution in [0.5, 0.6) is 11.5 Å². The molecule has 0 saturated carbocycles. The standard InChI is InChI=1S/C23H30FN3O5S/c1-3-31-21-10-5-18(17-22(21)32-4-2)23(28)25-11-16-33(29,30)27-14-12-26(13-15-27)20-8-6-19(24)7-9-20/h5-10,17H,3-4,11-16H2,1-2H3,(H,25,28). The molecule has 33 heavy (non-hydrogen) atoms. The van der Waals surface area contributed by atoms with Gasteiger partial charge in [-0.25, -0.2) is 12.8 Å². The molecule has 2 aromatic carbocycles. The fourth-order valence-corrected chi connectivity index (χ4v) is 4.93. The van der Waals surface area contributed by atoms with Crippen molar-refractivity contribution in [1.29, 1.82) is 0 Å². The number of carbonyl (C=O) groups is 1. The number of nitrogens with zero attached hydrogens (tertiary/aromatic N) is 2. The quantitative estimate of drug-likeness (QED) is 0.564. The topological polar surface area (TPSA) is 88.2 Å². The number of nitrogens with one attached hydrogen (secondary N) is 1. The zero-order valence-electron chi connectivity index (χ0n) is 18.9. The summed E-state index contributed by atoms with van der Waals surface area (Å²) in [5, 5.41) is 2.67. The SMILES string of the molecule is CCOc1ccc(C(=O)NCCS(=O)(=O)N2CCN(c3ccc(F)cc3)CC2)cc1OCC. The summed E-state index contributed by atoms with van der Waals surface area (Å²) < 4.78 is 51.0. The van der Waals surface area contributed by atoms with Crippen molar-refractivity contribution in [2.45, 2.75) is 13.8 Å². The molecular formula is C23H30FN3O5S. The molecule has 0 spiro atoms. The summed E-state index contributed by atoms with van der Waals surface area (Å²) in [6.07, 6.45) is 0. The summed E-state index contributed by atoms with van der Waals surface area (Å²) in [5.74, 6) is 0.151. The normalized spacial score (nSPS) is 14.7. The molecule has 1 amide bonds. The predicted molar refractivity (Wildman–Crippen MR) is 125 cm³/mol. The van der Waals surface area contributed by atoms with Gasteiger partial charge in [-0.15, -0.1) is 0 Å². The van der Waals surface area contributed by atoms with Crippen molar-refractivity contribution in [2.75, 3.05) is 56.6 Å². The van der Waals surface area contributed by atoms with Gasteiger partial charge in [-0.3, -0.25) is 4.79 Å². The van der Waals surface area contributed by atoms with Crippen molar-refractivity contribution < 1.29 is 27.1 Å². The van der Waals surface area contributed by atoms with Crippen LogP contribution in [-0.2, 0) is 10.0 Å². The molecule has 8 nitrogen and oxygen atoms in total. The number of amides is 1. The van der Waals surface area contributed by atoms with Crippen molar-refractivity contribution >= 4 is 21.6 Å². The van der Waals surface area contributed by atoms with Gasteiger partial charge in [-0.1, -0.05) is 0 Å². The lowest BCUT2D eigenvalue weighted by molar-refractivity contribution is 0.0955. The second kappa shape index (κ2) is 11.3. The number of anilines is 1. The Morgan fingerprint density at radius 1 is 0.970 bits per heavy atom. The number of hydrogen-bond acceptors (Lipinski definition) is 6. The Kier molecular flexibility index (Phi) is 8.51. The average molecular weight is 480 g/mol. The lowest BCUT2D eigenvalue weighted by atomic mass is 10.2. The van der Waals surface area contributed by atoms with Gasteiger partial charge in [0.1, 0.15) is 5.82 Å². The van der Waals surface area contributed by atoms with E-state index in [-0.39, 0.29) is 24.0 Å². The second-order valence-corrected chi connectivity index (χ2v) is 9.55. The Morgan fingerprint density at radius 3 is 2.24 bits per heavy atom. The molecule has 10 heteroatoms. The van der Waals surface area contributed by atoms with Crippen LogP contribution in [0.25, 0.3) is 0 Å². The monoisotopic (exact) mass is 479 g/mol. The molecule has 180 valence electrons. The highest BCUT2D eigenvalue weighted by molar-refractivity contribution is 7.89. The maximum absolute atomic E-state index is 13.1. The van der Waals surface area contributed by atoms with Gasteiger partial charge in [0.05, 0.1) is 19.0 Å². The van der Waals surface area contributed by atoms with Crippen LogP contribution in [0.1, 0.15) is 24.2 Å². The van der Waals surface area contributed by atoms with E-state index < -0.39 is 10.0 Å². The average Bonchev–Trinajstić information content (AvgIpc) is 2.81. The molecule has 1 aliphatic heterocycles. The first-order valence-electron chi connectivity index (χ1n) is 11.0. The number of carbonyl (C=O) groups excluding carboxylic acids is 1. The minimum Gasteiger partial charge on any atom is -0.490 e. The van der Waals surface area contributed by atoms with E-state index in [4.69, 9.17) is 9.47 Å². The number of hydrogen-bond donors (Lipinski definition) is 1. The summed E-state index contributed by atoms with van der Waals surface area (Å²) in [6.45, 7) is 6.31. The fraction of sp³-hybridized carbons (Fsp3) is 0.435. The summed E-state index contributed by atoms with van der Waals surface area (Å²) >= 11 is 0. The molecule has 1 fully saturated rings. The Balaban J connectivity index is 1.51. The maximum Gasteiger partial charge on any atom is 0.251 e. The molecule has 1 saturated heterocycles. The Morgan fingerprint density at radius 2 is 1.61 bits per heavy atom. The van der Waals surface area contributed by atoms with Crippen LogP contribution < -0.4 is 19.7 Å². The minimum absolute atomic E-state index is 0.00345. The van der Waals surface area contributed by atoms with Crippen LogP contribution in [0.15, 0.2) is 42.5 Å². The fourth-order valence-electron chi connectivity index (χ4n) is 3.59. The van der Waals surface area contributed by atoms with Gasteiger partial charge in [0.2, 0.25) is 10.0 Å². The van der Waals surface area contributed by atoms with Crippen LogP contribution in [-0.4, -0.2) is 70.3 Å². The number of benzene rings is 2. The van der Waals surface area contributed by atoms with Crippen molar-refractivity contribution in [2.24, 2.45) is 0 Å². The summed E-state index contributed by atoms with van der Waals surface area (Å²) in [4.78, 5) is 14.5. The van der Waals surface area contributed by atoms with Gasteiger partial charge in [-0.2, -0.15) is 4.31 Å². The third kappa shape index (κ3) is 6.58. The van der Waals surface area contributed by atoms with Crippen molar-refractivity contribution in [3.8, 4) is 11.5 Å². The third-order valence-electron chi connectivity index (χ3n) is 5.27. The van der Waals surface area contributed by atoms with Gasteiger partial charge in [0, 0.05) is 44.0 Å². The Hall–Kier alpha value is -2.85. The van der Waals surface area contributed by atoms with Gasteiger partial charge >= 0.3 is 0 Å². The molecule has 3 rings (SSSR count). The summed E-state index contributed by atoms with van der Waals surface area (Å²) in [6, 6.07) is 11.0. The number of halogens is 1. The summed E-state index contributed by atoms with van der Waals surface area (Å²) in [5.41, 5.74) is 1.23. The van der Waals surface area contributed by atoms with E-state index in [0.717, 1.165) is 5.69 Å². The zero-order chi connectivity index (χ0) is 23.8. The van der Waals surface area contributed by atoms with Crippen LogP contribution in [0, 0.1) is 5.82 Å². The molecule has 0 radical (unpaired) electrons. The molecule has 0 atom stereocenters. The predicted octanol–water partition coefficient (Wildman–Crippen LogP) is 2.50. The van der Waals surface area contributed by atoms with Crippen LogP contribution in [0.2, 0.25) is 0 Å². The van der Waals surface area contributed by atoms with Crippen molar-refractivity contribution in [1.82, 2.24) is 9.62 Å². The second-order valence-electron chi connectivity index (χ2n) is 7.46. The van der Waals surface area contributed by atoms with Gasteiger partial charge in [0.25, 0.3) is 5.91 Å². The highest BCUT2D eigenvalue weighted by Gasteiger charge is 2.27. The summed E-state index contributed by atoms with van der Waals surface area (Å²) in [7, 11) is -3.52. The smallest absolute Gasteiger partial charge is 0.251 e. The first-order chi connectivity index (χ1) is 15.8. The zero-order valence-corrected chi connectivity index (χ0v) is 19.7. The highest BCUT2D eigenvalue weighted by atomic mass is 32.2. The van der Waals surface area contributed by atoms with Crippen LogP contribution >= 0.6 is 0 Å². The maximum atomic E-state index is 13.1. The van der Waals surface area contributed by atoms with Gasteiger partial charge < -0.3 is 19.7 Å². The van der Waals surface area contributed by atoms with E-state index in [9.17, 15) is 17.6 Å². The molecule has 1 N–H and O–H groups in total. The molecular weight excluding hydrogens is 449 g/mol. The number of piperazine rings is 1. The van der Waals surface area contributed by atoms with E-state index in [1.54, 1.807) is 30.3 Å². The van der Waals surface area contributed by atoms with Gasteiger partial charge in [-0.05, 0) is 56.3 Å². The third-order valence-corrected chi connectivity index (χ3v) is 7.15. The number of rotatable bonds is 10. The lowest BCUT2D eigenvalue weighted by Crippen LogP contribution is -2.50. The van der Waals surface area contributed by atoms with Crippen LogP contribution in [0.3, 0.4) is 0 Å². The highest BCUT2D eigenvalue weighted by Crippen LogP contribution is 2.28. The molecule has 0 aromatic heterocycles.